The average molecular weight is 211 g/mol. The number of benzene rings is 2. The van der Waals surface area contributed by atoms with Gasteiger partial charge in [0.2, 0.25) is 0 Å². The van der Waals surface area contributed by atoms with Gasteiger partial charge in [-0.3, -0.25) is 4.79 Å². The molecular formula is C13H9NO2. The lowest BCUT2D eigenvalue weighted by molar-refractivity contribution is 0.0995. The van der Waals surface area contributed by atoms with Crippen molar-refractivity contribution in [3.8, 4) is 11.8 Å². The number of aromatic hydroxyl groups is 1. The van der Waals surface area contributed by atoms with Crippen LogP contribution in [0, 0.1) is 11.3 Å². The first-order valence-corrected chi connectivity index (χ1v) is 4.85. The first-order chi connectivity index (χ1) is 7.74. The van der Waals surface area contributed by atoms with Gasteiger partial charge in [-0.05, 0) is 11.5 Å². The molecule has 3 nitrogen and oxygen atoms in total. The highest BCUT2D eigenvalue weighted by atomic mass is 16.3. The monoisotopic (exact) mass is 211 g/mol. The van der Waals surface area contributed by atoms with Crippen molar-refractivity contribution in [2.75, 3.05) is 0 Å². The van der Waals surface area contributed by atoms with Gasteiger partial charge in [0.1, 0.15) is 5.75 Å². The molecule has 0 aliphatic carbocycles. The number of nitriles is 1. The third kappa shape index (κ3) is 1.61. The van der Waals surface area contributed by atoms with Crippen LogP contribution in [0.15, 0.2) is 36.4 Å². The van der Waals surface area contributed by atoms with Crippen molar-refractivity contribution in [3.05, 3.63) is 42.0 Å². The molecule has 2 aromatic carbocycles. The normalized spacial score (nSPS) is 9.94. The second kappa shape index (κ2) is 4.03. The van der Waals surface area contributed by atoms with E-state index < -0.39 is 0 Å². The summed E-state index contributed by atoms with van der Waals surface area (Å²) in [5.74, 6) is -0.399. The number of hydrogen-bond acceptors (Lipinski definition) is 3. The van der Waals surface area contributed by atoms with Gasteiger partial charge < -0.3 is 5.11 Å². The lowest BCUT2D eigenvalue weighted by atomic mass is 10.0. The summed E-state index contributed by atoms with van der Waals surface area (Å²) < 4.78 is 0. The van der Waals surface area contributed by atoms with Crippen molar-refractivity contribution in [1.82, 2.24) is 0 Å². The highest BCUT2D eigenvalue weighted by Gasteiger charge is 2.12. The van der Waals surface area contributed by atoms with Crippen molar-refractivity contribution in [2.24, 2.45) is 0 Å². The molecule has 0 amide bonds. The summed E-state index contributed by atoms with van der Waals surface area (Å²) in [6.07, 6.45) is -0.216. The van der Waals surface area contributed by atoms with Crippen LogP contribution in [-0.2, 0) is 0 Å². The van der Waals surface area contributed by atoms with Gasteiger partial charge in [-0.1, -0.05) is 30.3 Å². The van der Waals surface area contributed by atoms with Gasteiger partial charge in [0.15, 0.2) is 5.78 Å². The van der Waals surface area contributed by atoms with E-state index in [1.165, 1.54) is 0 Å². The number of carbonyl (C=O) groups is 1. The molecule has 0 fully saturated rings. The Morgan fingerprint density at radius 1 is 1.25 bits per heavy atom. The average Bonchev–Trinajstić information content (AvgIpc) is 2.30. The summed E-state index contributed by atoms with van der Waals surface area (Å²) >= 11 is 0. The Labute approximate surface area is 92.6 Å². The van der Waals surface area contributed by atoms with E-state index in [4.69, 9.17) is 5.26 Å². The molecule has 0 saturated carbocycles. The largest absolute Gasteiger partial charge is 0.507 e. The van der Waals surface area contributed by atoms with E-state index in [2.05, 4.69) is 0 Å². The summed E-state index contributed by atoms with van der Waals surface area (Å²) in [5.41, 5.74) is 0.209. The summed E-state index contributed by atoms with van der Waals surface area (Å²) in [4.78, 5) is 11.5. The summed E-state index contributed by atoms with van der Waals surface area (Å²) in [7, 11) is 0. The number of carbonyl (C=O) groups excluding carboxylic acids is 1. The van der Waals surface area contributed by atoms with E-state index >= 15 is 0 Å². The number of rotatable bonds is 2. The molecule has 0 heterocycles. The quantitative estimate of drug-likeness (QED) is 0.777. The number of Topliss-reactive ketones (excluding diaryl/α,β-unsaturated/α-hetero) is 1. The zero-order valence-corrected chi connectivity index (χ0v) is 8.47. The highest BCUT2D eigenvalue weighted by Crippen LogP contribution is 2.29. The molecule has 0 bridgehead atoms. The predicted octanol–water partition coefficient (Wildman–Crippen LogP) is 2.64. The van der Waals surface area contributed by atoms with Gasteiger partial charge in [-0.15, -0.1) is 0 Å². The molecule has 0 spiro atoms. The molecule has 0 saturated heterocycles. The lowest BCUT2D eigenvalue weighted by Crippen LogP contribution is -1.97. The molecule has 16 heavy (non-hydrogen) atoms. The highest BCUT2D eigenvalue weighted by molar-refractivity contribution is 6.05. The molecule has 78 valence electrons. The van der Waals surface area contributed by atoms with Crippen LogP contribution >= 0.6 is 0 Å². The van der Waals surface area contributed by atoms with E-state index in [0.717, 1.165) is 5.39 Å². The standard InChI is InChI=1S/C13H9NO2/c14-8-7-12(15)11-6-5-9-3-1-2-4-10(9)13(11)16/h1-6,16H,7H2. The first kappa shape index (κ1) is 10.2. The SMILES string of the molecule is N#CCC(=O)c1ccc2ccccc2c1O. The van der Waals surface area contributed by atoms with E-state index in [9.17, 15) is 9.90 Å². The van der Waals surface area contributed by atoms with Crippen LogP contribution in [0.4, 0.5) is 0 Å². The van der Waals surface area contributed by atoms with Crippen LogP contribution < -0.4 is 0 Å². The lowest BCUT2D eigenvalue weighted by Gasteiger charge is -2.05. The van der Waals surface area contributed by atoms with Crippen molar-refractivity contribution >= 4 is 16.6 Å². The Kier molecular flexibility index (Phi) is 2.57. The molecule has 2 rings (SSSR count). The number of ketones is 1. The van der Waals surface area contributed by atoms with Gasteiger partial charge in [-0.2, -0.15) is 5.26 Å². The minimum absolute atomic E-state index is 0.0432. The van der Waals surface area contributed by atoms with E-state index in [1.54, 1.807) is 30.3 Å². The fourth-order valence-corrected chi connectivity index (χ4v) is 1.65. The fraction of sp³-hybridized carbons (Fsp3) is 0.0769. The minimum atomic E-state index is -0.356. The van der Waals surface area contributed by atoms with Crippen LogP contribution in [0.25, 0.3) is 10.8 Å². The molecule has 0 unspecified atom stereocenters. The van der Waals surface area contributed by atoms with Crippen molar-refractivity contribution in [2.45, 2.75) is 6.42 Å². The summed E-state index contributed by atoms with van der Waals surface area (Å²) in [5, 5.41) is 19.9. The molecule has 0 atom stereocenters. The van der Waals surface area contributed by atoms with Crippen molar-refractivity contribution in [3.63, 3.8) is 0 Å². The van der Waals surface area contributed by atoms with Crippen LogP contribution in [0.2, 0.25) is 0 Å². The van der Waals surface area contributed by atoms with Crippen LogP contribution in [0.3, 0.4) is 0 Å². The molecule has 0 aliphatic heterocycles. The second-order valence-electron chi connectivity index (χ2n) is 3.44. The van der Waals surface area contributed by atoms with Crippen LogP contribution in [-0.4, -0.2) is 10.9 Å². The molecule has 0 radical (unpaired) electrons. The van der Waals surface area contributed by atoms with E-state index in [-0.39, 0.29) is 23.5 Å². The maximum atomic E-state index is 11.5. The van der Waals surface area contributed by atoms with Gasteiger partial charge in [0.25, 0.3) is 0 Å². The topological polar surface area (TPSA) is 61.1 Å². The number of hydrogen-bond donors (Lipinski definition) is 1. The molecule has 1 N–H and O–H groups in total. The Morgan fingerprint density at radius 3 is 2.75 bits per heavy atom. The molecule has 2 aromatic rings. The zero-order chi connectivity index (χ0) is 11.5. The smallest absolute Gasteiger partial charge is 0.180 e. The fourth-order valence-electron chi connectivity index (χ4n) is 1.65. The maximum absolute atomic E-state index is 11.5. The van der Waals surface area contributed by atoms with Gasteiger partial charge in [0.05, 0.1) is 18.1 Å². The van der Waals surface area contributed by atoms with Gasteiger partial charge in [-0.25, -0.2) is 0 Å². The molecule has 0 aromatic heterocycles. The Bertz CT molecular complexity index is 596. The zero-order valence-electron chi connectivity index (χ0n) is 8.47. The first-order valence-electron chi connectivity index (χ1n) is 4.85. The van der Waals surface area contributed by atoms with E-state index in [0.29, 0.717) is 5.39 Å². The summed E-state index contributed by atoms with van der Waals surface area (Å²) in [6.45, 7) is 0. The number of phenols is 1. The predicted molar refractivity (Wildman–Crippen MR) is 60.2 cm³/mol. The Balaban J connectivity index is 2.62. The maximum Gasteiger partial charge on any atom is 0.180 e. The third-order valence-electron chi connectivity index (χ3n) is 2.44. The number of phenolic OH excluding ortho intramolecular Hbond substituents is 1. The van der Waals surface area contributed by atoms with Gasteiger partial charge >= 0.3 is 0 Å². The van der Waals surface area contributed by atoms with Crippen LogP contribution in [0.5, 0.6) is 5.75 Å². The molecule has 0 aliphatic rings. The van der Waals surface area contributed by atoms with Gasteiger partial charge in [0, 0.05) is 5.39 Å². The number of nitrogens with zero attached hydrogens (tertiary/aromatic N) is 1. The number of fused-ring (bicyclic) bond motifs is 1. The Hall–Kier alpha value is -2.34. The van der Waals surface area contributed by atoms with Crippen molar-refractivity contribution in [1.29, 1.82) is 5.26 Å². The van der Waals surface area contributed by atoms with E-state index in [1.807, 2.05) is 12.1 Å². The summed E-state index contributed by atoms with van der Waals surface area (Å²) in [6, 6.07) is 12.3. The van der Waals surface area contributed by atoms with Crippen molar-refractivity contribution < 1.29 is 9.90 Å². The molecular weight excluding hydrogens is 202 g/mol. The minimum Gasteiger partial charge on any atom is -0.507 e. The van der Waals surface area contributed by atoms with Crippen LogP contribution in [0.1, 0.15) is 16.8 Å². The Morgan fingerprint density at radius 2 is 2.00 bits per heavy atom. The second-order valence-corrected chi connectivity index (χ2v) is 3.44. The third-order valence-corrected chi connectivity index (χ3v) is 2.44. The molecule has 3 heteroatoms.